The summed E-state index contributed by atoms with van der Waals surface area (Å²) < 4.78 is 48.1. The number of ketones is 2. The lowest BCUT2D eigenvalue weighted by molar-refractivity contribution is -0.148. The van der Waals surface area contributed by atoms with E-state index in [0.717, 1.165) is 18.2 Å². The molecule has 0 amide bonds. The van der Waals surface area contributed by atoms with Gasteiger partial charge in [-0.1, -0.05) is 6.07 Å². The molecular weight excluding hydrogens is 391 g/mol. The van der Waals surface area contributed by atoms with Crippen LogP contribution in [-0.2, 0) is 15.7 Å². The highest BCUT2D eigenvalue weighted by molar-refractivity contribution is 6.05. The topological polar surface area (TPSA) is 85.5 Å². The van der Waals surface area contributed by atoms with E-state index in [-0.39, 0.29) is 17.2 Å². The molecule has 0 bridgehead atoms. The number of alkyl halides is 3. The molecule has 0 unspecified atom stereocenters. The summed E-state index contributed by atoms with van der Waals surface area (Å²) in [5.41, 5.74) is 0.644. The molecule has 0 radical (unpaired) electrons. The first-order chi connectivity index (χ1) is 13.4. The Labute approximate surface area is 165 Å². The van der Waals surface area contributed by atoms with Gasteiger partial charge >= 0.3 is 12.1 Å². The first kappa shape index (κ1) is 22.2. The lowest BCUT2D eigenvalue weighted by atomic mass is 10.0. The fourth-order valence-electron chi connectivity index (χ4n) is 2.92. The second kappa shape index (κ2) is 8.50. The van der Waals surface area contributed by atoms with Crippen LogP contribution in [0.2, 0.25) is 0 Å². The third-order valence-electron chi connectivity index (χ3n) is 4.23. The van der Waals surface area contributed by atoms with E-state index < -0.39 is 36.2 Å². The number of Topliss-reactive ketones (excluding diaryl/α,β-unsaturated/α-hetero) is 2. The second-order valence-corrected chi connectivity index (χ2v) is 6.49. The molecule has 1 N–H and O–H groups in total. The number of hydrogen-bond acceptors (Lipinski definition) is 5. The largest absolute Gasteiger partial charge is 0.482 e. The van der Waals surface area contributed by atoms with Crippen LogP contribution in [-0.4, -0.2) is 35.2 Å². The van der Waals surface area contributed by atoms with Crippen LogP contribution in [0.3, 0.4) is 0 Å². The van der Waals surface area contributed by atoms with Gasteiger partial charge in [0.1, 0.15) is 5.75 Å². The summed E-state index contributed by atoms with van der Waals surface area (Å²) >= 11 is 0. The van der Waals surface area contributed by atoms with Gasteiger partial charge in [-0.25, -0.2) is 4.79 Å². The zero-order valence-corrected chi connectivity index (χ0v) is 16.3. The number of hydrogen-bond donors (Lipinski definition) is 1. The van der Waals surface area contributed by atoms with E-state index in [2.05, 4.69) is 4.98 Å². The predicted molar refractivity (Wildman–Crippen MR) is 97.1 cm³/mol. The number of halogens is 3. The van der Waals surface area contributed by atoms with Gasteiger partial charge in [-0.3, -0.25) is 9.59 Å². The Kier molecular flexibility index (Phi) is 6.51. The number of aromatic nitrogens is 1. The van der Waals surface area contributed by atoms with Crippen LogP contribution in [0, 0.1) is 13.8 Å². The monoisotopic (exact) mass is 411 g/mol. The lowest BCUT2D eigenvalue weighted by Crippen LogP contribution is -2.28. The average molecular weight is 411 g/mol. The first-order valence-corrected chi connectivity index (χ1v) is 8.65. The zero-order chi connectivity index (χ0) is 21.9. The van der Waals surface area contributed by atoms with E-state index in [0.29, 0.717) is 16.8 Å². The number of esters is 1. The number of rotatable bonds is 7. The molecule has 0 aliphatic rings. The molecule has 29 heavy (non-hydrogen) atoms. The van der Waals surface area contributed by atoms with Crippen molar-refractivity contribution >= 4 is 17.5 Å². The molecule has 1 atom stereocenters. The van der Waals surface area contributed by atoms with Crippen LogP contribution in [0.5, 0.6) is 5.75 Å². The van der Waals surface area contributed by atoms with E-state index in [1.165, 1.54) is 19.9 Å². The molecule has 0 aliphatic heterocycles. The summed E-state index contributed by atoms with van der Waals surface area (Å²) in [6.07, 6.45) is -5.71. The Morgan fingerprint density at radius 1 is 1.17 bits per heavy atom. The SMILES string of the molecule is CC(=O)c1c(C)[nH]c(C(=O)[C@@H](C)OC(=O)COc2cccc(C(F)(F)F)c2)c1C. The molecule has 2 aromatic rings. The van der Waals surface area contributed by atoms with Crippen molar-refractivity contribution in [2.75, 3.05) is 6.61 Å². The molecule has 6 nitrogen and oxygen atoms in total. The van der Waals surface area contributed by atoms with Crippen molar-refractivity contribution < 1.29 is 37.0 Å². The van der Waals surface area contributed by atoms with E-state index in [1.54, 1.807) is 13.8 Å². The number of aryl methyl sites for hydroxylation is 1. The van der Waals surface area contributed by atoms with Crippen molar-refractivity contribution in [2.45, 2.75) is 40.0 Å². The Balaban J connectivity index is 2.00. The van der Waals surface area contributed by atoms with Gasteiger partial charge in [-0.2, -0.15) is 13.2 Å². The van der Waals surface area contributed by atoms with Crippen LogP contribution in [0.15, 0.2) is 24.3 Å². The fraction of sp³-hybridized carbons (Fsp3) is 0.350. The molecule has 9 heteroatoms. The quantitative estimate of drug-likeness (QED) is 0.549. The highest BCUT2D eigenvalue weighted by atomic mass is 19.4. The van der Waals surface area contributed by atoms with Crippen LogP contribution in [0.4, 0.5) is 13.2 Å². The summed E-state index contributed by atoms with van der Waals surface area (Å²) in [5, 5.41) is 0. The van der Waals surface area contributed by atoms with Gasteiger partial charge in [-0.05, 0) is 51.5 Å². The summed E-state index contributed by atoms with van der Waals surface area (Å²) in [6, 6.07) is 4.06. The third-order valence-corrected chi connectivity index (χ3v) is 4.23. The number of ether oxygens (including phenoxy) is 2. The zero-order valence-electron chi connectivity index (χ0n) is 16.3. The summed E-state index contributed by atoms with van der Waals surface area (Å²) in [4.78, 5) is 39.0. The van der Waals surface area contributed by atoms with Gasteiger partial charge in [0, 0.05) is 11.3 Å². The number of benzene rings is 1. The minimum Gasteiger partial charge on any atom is -0.482 e. The van der Waals surface area contributed by atoms with Crippen LogP contribution < -0.4 is 4.74 Å². The molecule has 0 spiro atoms. The molecule has 0 aliphatic carbocycles. The smallest absolute Gasteiger partial charge is 0.416 e. The van der Waals surface area contributed by atoms with Crippen molar-refractivity contribution in [3.05, 3.63) is 52.3 Å². The van der Waals surface area contributed by atoms with Crippen LogP contribution >= 0.6 is 0 Å². The molecule has 1 heterocycles. The Morgan fingerprint density at radius 3 is 2.38 bits per heavy atom. The summed E-state index contributed by atoms with van der Waals surface area (Å²) in [6.45, 7) is 5.33. The second-order valence-electron chi connectivity index (χ2n) is 6.49. The van der Waals surface area contributed by atoms with Gasteiger partial charge < -0.3 is 14.5 Å². The molecule has 0 fully saturated rings. The Morgan fingerprint density at radius 2 is 1.83 bits per heavy atom. The number of aromatic amines is 1. The van der Waals surface area contributed by atoms with Crippen molar-refractivity contribution in [3.8, 4) is 5.75 Å². The van der Waals surface area contributed by atoms with Gasteiger partial charge in [-0.15, -0.1) is 0 Å². The molecular formula is C20H20F3NO5. The van der Waals surface area contributed by atoms with Gasteiger partial charge in [0.15, 0.2) is 18.5 Å². The van der Waals surface area contributed by atoms with Gasteiger partial charge in [0.05, 0.1) is 11.3 Å². The summed E-state index contributed by atoms with van der Waals surface area (Å²) in [5.74, 6) is -1.81. The maximum atomic E-state index is 12.7. The number of carbonyl (C=O) groups is 3. The van der Waals surface area contributed by atoms with Crippen molar-refractivity contribution in [1.29, 1.82) is 0 Å². The Hall–Kier alpha value is -3.10. The van der Waals surface area contributed by atoms with Crippen molar-refractivity contribution in [2.24, 2.45) is 0 Å². The fourth-order valence-corrected chi connectivity index (χ4v) is 2.92. The van der Waals surface area contributed by atoms with E-state index in [1.807, 2.05) is 0 Å². The van der Waals surface area contributed by atoms with Gasteiger partial charge in [0.25, 0.3) is 0 Å². The molecule has 0 saturated carbocycles. The number of nitrogens with one attached hydrogen (secondary N) is 1. The summed E-state index contributed by atoms with van der Waals surface area (Å²) in [7, 11) is 0. The third kappa shape index (κ3) is 5.24. The highest BCUT2D eigenvalue weighted by Gasteiger charge is 2.31. The lowest BCUT2D eigenvalue weighted by Gasteiger charge is -2.13. The molecule has 0 saturated heterocycles. The Bertz CT molecular complexity index is 946. The number of H-pyrrole nitrogens is 1. The molecule has 1 aromatic carbocycles. The van der Waals surface area contributed by atoms with Crippen LogP contribution in [0.25, 0.3) is 0 Å². The maximum absolute atomic E-state index is 12.7. The van der Waals surface area contributed by atoms with Gasteiger partial charge in [0.2, 0.25) is 5.78 Å². The standard InChI is InChI=1S/C20H20F3NO5/c1-10-17(12(3)25)11(2)24-18(10)19(27)13(4)29-16(26)9-28-15-7-5-6-14(8-15)20(21,22)23/h5-8,13,24H,9H2,1-4H3/t13-/m1/s1. The molecule has 2 rings (SSSR count). The molecule has 1 aromatic heterocycles. The van der Waals surface area contributed by atoms with Crippen LogP contribution in [0.1, 0.15) is 51.5 Å². The van der Waals surface area contributed by atoms with E-state index in [9.17, 15) is 27.6 Å². The van der Waals surface area contributed by atoms with E-state index >= 15 is 0 Å². The minimum atomic E-state index is -4.54. The predicted octanol–water partition coefficient (Wildman–Crippen LogP) is 4.05. The number of carbonyl (C=O) groups excluding carboxylic acids is 3. The first-order valence-electron chi connectivity index (χ1n) is 8.65. The normalized spacial score (nSPS) is 12.4. The highest BCUT2D eigenvalue weighted by Crippen LogP contribution is 2.31. The minimum absolute atomic E-state index is 0.155. The maximum Gasteiger partial charge on any atom is 0.416 e. The molecule has 156 valence electrons. The van der Waals surface area contributed by atoms with Crippen molar-refractivity contribution in [1.82, 2.24) is 4.98 Å². The average Bonchev–Trinajstić information content (AvgIpc) is 2.93. The van der Waals surface area contributed by atoms with Crippen molar-refractivity contribution in [3.63, 3.8) is 0 Å². The van der Waals surface area contributed by atoms with E-state index in [4.69, 9.17) is 9.47 Å².